The van der Waals surface area contributed by atoms with Gasteiger partial charge in [-0.2, -0.15) is 5.21 Å². The van der Waals surface area contributed by atoms with Crippen LogP contribution in [0.15, 0.2) is 48.5 Å². The second-order valence-electron chi connectivity index (χ2n) is 7.56. The second-order valence-corrected chi connectivity index (χ2v) is 7.56. The lowest BCUT2D eigenvalue weighted by Gasteiger charge is -2.14. The van der Waals surface area contributed by atoms with E-state index in [1.54, 1.807) is 0 Å². The quantitative estimate of drug-likeness (QED) is 0.451. The molecule has 0 aliphatic rings. The van der Waals surface area contributed by atoms with Crippen LogP contribution in [0.5, 0.6) is 0 Å². The molecule has 7 heteroatoms. The van der Waals surface area contributed by atoms with Gasteiger partial charge in [-0.25, -0.2) is 9.97 Å². The van der Waals surface area contributed by atoms with Crippen molar-refractivity contribution in [3.8, 4) is 22.5 Å². The summed E-state index contributed by atoms with van der Waals surface area (Å²) in [6.07, 6.45) is 3.77. The summed E-state index contributed by atoms with van der Waals surface area (Å²) < 4.78 is 0. The Hall–Kier alpha value is -3.45. The summed E-state index contributed by atoms with van der Waals surface area (Å²) in [5.41, 5.74) is 7.03. The highest BCUT2D eigenvalue weighted by Gasteiger charge is 2.14. The number of aromatic amines is 1. The van der Waals surface area contributed by atoms with E-state index >= 15 is 0 Å². The van der Waals surface area contributed by atoms with Crippen LogP contribution in [-0.4, -0.2) is 35.7 Å². The summed E-state index contributed by atoms with van der Waals surface area (Å²) in [4.78, 5) is 9.15. The first-order valence-corrected chi connectivity index (χ1v) is 10.6. The van der Waals surface area contributed by atoms with Gasteiger partial charge in [-0.05, 0) is 41.7 Å². The summed E-state index contributed by atoms with van der Waals surface area (Å²) in [6.45, 7) is 3.98. The van der Waals surface area contributed by atoms with Crippen LogP contribution in [0.25, 0.3) is 22.5 Å². The van der Waals surface area contributed by atoms with E-state index in [2.05, 4.69) is 67.8 Å². The van der Waals surface area contributed by atoms with Crippen molar-refractivity contribution < 1.29 is 5.11 Å². The van der Waals surface area contributed by atoms with Gasteiger partial charge < -0.3 is 5.11 Å². The Balaban J connectivity index is 1.64. The average Bonchev–Trinajstić information content (AvgIpc) is 3.34. The molecule has 0 aliphatic carbocycles. The first-order chi connectivity index (χ1) is 15.2. The number of aromatic nitrogens is 6. The predicted octanol–water partition coefficient (Wildman–Crippen LogP) is 4.06. The number of hydrogen-bond donors (Lipinski definition) is 2. The molecule has 0 aliphatic heterocycles. The minimum atomic E-state index is -0.0754. The van der Waals surface area contributed by atoms with E-state index in [-0.39, 0.29) is 6.61 Å². The van der Waals surface area contributed by atoms with Crippen LogP contribution in [-0.2, 0) is 19.4 Å². The van der Waals surface area contributed by atoms with Gasteiger partial charge in [-0.15, -0.1) is 10.2 Å². The molecule has 2 heterocycles. The normalized spacial score (nSPS) is 11.1. The molecule has 0 atom stereocenters. The maximum Gasteiger partial charge on any atom is 0.205 e. The highest BCUT2D eigenvalue weighted by atomic mass is 16.3. The van der Waals surface area contributed by atoms with Crippen molar-refractivity contribution in [2.75, 3.05) is 0 Å². The topological polar surface area (TPSA) is 100 Å². The molecule has 31 heavy (non-hydrogen) atoms. The fraction of sp³-hybridized carbons (Fsp3) is 0.292. The van der Waals surface area contributed by atoms with Crippen LogP contribution in [0.4, 0.5) is 0 Å². The summed E-state index contributed by atoms with van der Waals surface area (Å²) in [7, 11) is 0. The van der Waals surface area contributed by atoms with E-state index in [1.165, 1.54) is 0 Å². The van der Waals surface area contributed by atoms with Crippen molar-refractivity contribution >= 4 is 0 Å². The number of aryl methyl sites for hydroxylation is 2. The van der Waals surface area contributed by atoms with Crippen LogP contribution in [0, 0.1) is 6.92 Å². The molecule has 0 fully saturated rings. The van der Waals surface area contributed by atoms with Gasteiger partial charge in [0.1, 0.15) is 5.82 Å². The number of unbranched alkanes of at least 4 members (excludes halogenated alkanes) is 1. The molecule has 0 bridgehead atoms. The van der Waals surface area contributed by atoms with Crippen LogP contribution >= 0.6 is 0 Å². The molecule has 0 saturated carbocycles. The first kappa shape index (κ1) is 20.8. The van der Waals surface area contributed by atoms with E-state index in [4.69, 9.17) is 0 Å². The van der Waals surface area contributed by atoms with Gasteiger partial charge in [0.25, 0.3) is 0 Å². The van der Waals surface area contributed by atoms with Gasteiger partial charge in [-0.3, -0.25) is 0 Å². The molecular weight excluding hydrogens is 388 g/mol. The molecule has 0 spiro atoms. The van der Waals surface area contributed by atoms with Crippen molar-refractivity contribution in [1.29, 1.82) is 0 Å². The minimum absolute atomic E-state index is 0.0754. The number of nitrogens with zero attached hydrogens (tertiary/aromatic N) is 5. The number of rotatable bonds is 8. The molecule has 7 nitrogen and oxygen atoms in total. The van der Waals surface area contributed by atoms with Gasteiger partial charge in [0.15, 0.2) is 0 Å². The Kier molecular flexibility index (Phi) is 6.43. The number of H-pyrrole nitrogens is 1. The number of benzene rings is 2. The number of nitrogens with one attached hydrogen (secondary N) is 1. The molecule has 0 amide bonds. The Morgan fingerprint density at radius 2 is 1.68 bits per heavy atom. The lowest BCUT2D eigenvalue weighted by molar-refractivity contribution is 0.274. The Bertz CT molecular complexity index is 1140. The third-order valence-electron chi connectivity index (χ3n) is 5.37. The van der Waals surface area contributed by atoms with Crippen LogP contribution in [0.3, 0.4) is 0 Å². The third-order valence-corrected chi connectivity index (χ3v) is 5.37. The Morgan fingerprint density at radius 3 is 2.35 bits per heavy atom. The van der Waals surface area contributed by atoms with E-state index in [9.17, 15) is 5.11 Å². The SMILES string of the molecule is CCCCc1nc(C)nc(CO)c1Cc1ccc(-c2ccccc2-c2nn[nH]n2)cc1. The highest BCUT2D eigenvalue weighted by molar-refractivity contribution is 5.80. The van der Waals surface area contributed by atoms with Gasteiger partial charge in [0.2, 0.25) is 5.82 Å². The van der Waals surface area contributed by atoms with Crippen molar-refractivity contribution in [3.05, 3.63) is 76.9 Å². The van der Waals surface area contributed by atoms with Crippen LogP contribution < -0.4 is 0 Å². The molecule has 0 unspecified atom stereocenters. The van der Waals surface area contributed by atoms with E-state index in [1.807, 2.05) is 25.1 Å². The van der Waals surface area contributed by atoms with Crippen molar-refractivity contribution in [2.45, 2.75) is 46.1 Å². The maximum absolute atomic E-state index is 9.87. The standard InChI is InChI=1S/C24H26N6O/c1-3-4-9-22-21(23(15-31)26-16(2)25-22)14-17-10-12-18(13-11-17)19-7-5-6-8-20(19)24-27-29-30-28-24/h5-8,10-13,31H,3-4,9,14-15H2,1-2H3,(H,27,28,29,30). The van der Waals surface area contributed by atoms with E-state index < -0.39 is 0 Å². The smallest absolute Gasteiger partial charge is 0.205 e. The molecular formula is C24H26N6O. The number of hydrogen-bond acceptors (Lipinski definition) is 6. The van der Waals surface area contributed by atoms with Gasteiger partial charge >= 0.3 is 0 Å². The molecule has 4 rings (SSSR count). The molecule has 2 N–H and O–H groups in total. The lowest BCUT2D eigenvalue weighted by atomic mass is 9.95. The number of tetrazole rings is 1. The molecule has 2 aromatic carbocycles. The highest BCUT2D eigenvalue weighted by Crippen LogP contribution is 2.30. The van der Waals surface area contributed by atoms with Gasteiger partial charge in [0.05, 0.1) is 12.3 Å². The second kappa shape index (κ2) is 9.57. The zero-order valence-corrected chi connectivity index (χ0v) is 17.8. The van der Waals surface area contributed by atoms with Crippen LogP contribution in [0.2, 0.25) is 0 Å². The maximum atomic E-state index is 9.87. The number of aliphatic hydroxyl groups excluding tert-OH is 1. The molecule has 0 radical (unpaired) electrons. The monoisotopic (exact) mass is 414 g/mol. The predicted molar refractivity (Wildman–Crippen MR) is 119 cm³/mol. The average molecular weight is 415 g/mol. The van der Waals surface area contributed by atoms with E-state index in [0.29, 0.717) is 18.1 Å². The minimum Gasteiger partial charge on any atom is -0.390 e. The summed E-state index contributed by atoms with van der Waals surface area (Å²) in [6, 6.07) is 16.5. The zero-order chi connectivity index (χ0) is 21.6. The van der Waals surface area contributed by atoms with Crippen molar-refractivity contribution in [2.24, 2.45) is 0 Å². The van der Waals surface area contributed by atoms with E-state index in [0.717, 1.165) is 58.5 Å². The van der Waals surface area contributed by atoms with Crippen molar-refractivity contribution in [3.63, 3.8) is 0 Å². The fourth-order valence-corrected chi connectivity index (χ4v) is 3.82. The Morgan fingerprint density at radius 1 is 0.935 bits per heavy atom. The van der Waals surface area contributed by atoms with Gasteiger partial charge in [-0.1, -0.05) is 61.9 Å². The summed E-state index contributed by atoms with van der Waals surface area (Å²) >= 11 is 0. The molecule has 0 saturated heterocycles. The fourth-order valence-electron chi connectivity index (χ4n) is 3.82. The zero-order valence-electron chi connectivity index (χ0n) is 17.8. The largest absolute Gasteiger partial charge is 0.390 e. The number of aliphatic hydroxyl groups is 1. The van der Waals surface area contributed by atoms with Gasteiger partial charge in [0, 0.05) is 23.2 Å². The molecule has 4 aromatic rings. The summed E-state index contributed by atoms with van der Waals surface area (Å²) in [5, 5.41) is 24.3. The summed E-state index contributed by atoms with van der Waals surface area (Å²) in [5.74, 6) is 1.29. The first-order valence-electron chi connectivity index (χ1n) is 10.6. The molecule has 158 valence electrons. The molecule has 2 aromatic heterocycles. The van der Waals surface area contributed by atoms with Crippen LogP contribution in [0.1, 0.15) is 48.1 Å². The third kappa shape index (κ3) is 4.67. The van der Waals surface area contributed by atoms with Crippen molar-refractivity contribution in [1.82, 2.24) is 30.6 Å². The lowest BCUT2D eigenvalue weighted by Crippen LogP contribution is -2.09. The Labute approximate surface area is 181 Å².